The number of aliphatic carboxylic acids is 1. The summed E-state index contributed by atoms with van der Waals surface area (Å²) >= 11 is 3.47. The molecule has 0 bridgehead atoms. The van der Waals surface area contributed by atoms with Crippen LogP contribution in [0.4, 0.5) is 17.1 Å². The average molecular weight is 620 g/mol. The Kier molecular flexibility index (Phi) is 9.96. The van der Waals surface area contributed by atoms with Gasteiger partial charge in [-0.2, -0.15) is 0 Å². The van der Waals surface area contributed by atoms with E-state index in [0.717, 1.165) is 57.6 Å². The van der Waals surface area contributed by atoms with Crippen molar-refractivity contribution in [2.75, 3.05) is 43.2 Å². The molecule has 0 spiro atoms. The molecule has 0 aliphatic carbocycles. The molecule has 2 amide bonds. The molecular formula is C32H35BrN4O4. The van der Waals surface area contributed by atoms with Crippen molar-refractivity contribution in [2.45, 2.75) is 32.1 Å². The standard InChI is InChI=1S/C32H35BrN4O4/c1-36(2)19-5-4-6-28(38)37(3)25-15-13-24(14-16-25)34-31(22-10-7-21(8-11-22)9-18-29(39)40)30-26-17-12-23(33)20-27(26)35-32(30)41/h7-8,10-17,20,34H,4-6,9,18-19H2,1-3H3,(H,35,41)(H,39,40). The molecule has 1 heterocycles. The molecule has 0 aromatic heterocycles. The number of anilines is 3. The number of hydrogen-bond donors (Lipinski definition) is 3. The van der Waals surface area contributed by atoms with Crippen LogP contribution in [-0.2, 0) is 20.8 Å². The lowest BCUT2D eigenvalue weighted by Gasteiger charge is -2.19. The molecule has 0 fully saturated rings. The van der Waals surface area contributed by atoms with Gasteiger partial charge in [0, 0.05) is 41.3 Å². The van der Waals surface area contributed by atoms with Gasteiger partial charge in [-0.25, -0.2) is 0 Å². The maximum Gasteiger partial charge on any atom is 0.303 e. The van der Waals surface area contributed by atoms with Crippen molar-refractivity contribution in [1.82, 2.24) is 4.90 Å². The SMILES string of the molecule is CN(C)CCCCC(=O)N(C)c1ccc(NC(=C2C(=O)Nc3cc(Br)ccc32)c2ccc(CCC(=O)O)cc2)cc1. The highest BCUT2D eigenvalue weighted by molar-refractivity contribution is 9.10. The van der Waals surface area contributed by atoms with Crippen molar-refractivity contribution in [3.8, 4) is 0 Å². The number of unbranched alkanes of at least 4 members (excludes halogenated alkanes) is 1. The van der Waals surface area contributed by atoms with E-state index in [1.54, 1.807) is 11.9 Å². The molecule has 3 aromatic rings. The van der Waals surface area contributed by atoms with Crippen molar-refractivity contribution >= 4 is 62.0 Å². The summed E-state index contributed by atoms with van der Waals surface area (Å²) in [7, 11) is 5.84. The van der Waals surface area contributed by atoms with Gasteiger partial charge in [-0.15, -0.1) is 0 Å². The van der Waals surface area contributed by atoms with Gasteiger partial charge in [0.25, 0.3) is 5.91 Å². The van der Waals surface area contributed by atoms with Crippen LogP contribution in [-0.4, -0.2) is 55.5 Å². The van der Waals surface area contributed by atoms with E-state index in [9.17, 15) is 14.4 Å². The number of hydrogen-bond acceptors (Lipinski definition) is 5. The smallest absolute Gasteiger partial charge is 0.303 e. The fourth-order valence-electron chi connectivity index (χ4n) is 4.69. The molecule has 3 aromatic carbocycles. The lowest BCUT2D eigenvalue weighted by Crippen LogP contribution is -2.26. The molecule has 9 heteroatoms. The molecule has 0 saturated carbocycles. The van der Waals surface area contributed by atoms with Crippen LogP contribution in [0, 0.1) is 0 Å². The number of benzene rings is 3. The highest BCUT2D eigenvalue weighted by Gasteiger charge is 2.28. The molecule has 1 aliphatic heterocycles. The summed E-state index contributed by atoms with van der Waals surface area (Å²) in [4.78, 5) is 40.7. The first-order valence-electron chi connectivity index (χ1n) is 13.6. The Morgan fingerprint density at radius 3 is 2.29 bits per heavy atom. The summed E-state index contributed by atoms with van der Waals surface area (Å²) in [6.07, 6.45) is 2.78. The van der Waals surface area contributed by atoms with Crippen LogP contribution in [0.1, 0.15) is 42.4 Å². The maximum absolute atomic E-state index is 13.2. The molecule has 41 heavy (non-hydrogen) atoms. The van der Waals surface area contributed by atoms with Gasteiger partial charge in [0.1, 0.15) is 0 Å². The van der Waals surface area contributed by atoms with Gasteiger partial charge in [-0.05, 0) is 87.4 Å². The van der Waals surface area contributed by atoms with Gasteiger partial charge in [0.15, 0.2) is 0 Å². The van der Waals surface area contributed by atoms with Crippen LogP contribution in [0.3, 0.4) is 0 Å². The zero-order valence-electron chi connectivity index (χ0n) is 23.5. The molecule has 8 nitrogen and oxygen atoms in total. The van der Waals surface area contributed by atoms with Gasteiger partial charge < -0.3 is 25.5 Å². The molecule has 214 valence electrons. The van der Waals surface area contributed by atoms with Gasteiger partial charge >= 0.3 is 5.97 Å². The van der Waals surface area contributed by atoms with E-state index in [1.165, 1.54) is 0 Å². The second-order valence-electron chi connectivity index (χ2n) is 10.4. The van der Waals surface area contributed by atoms with Crippen LogP contribution in [0.5, 0.6) is 0 Å². The number of carbonyl (C=O) groups is 3. The molecule has 0 saturated heterocycles. The number of carboxylic acid groups (broad SMARTS) is 1. The molecule has 4 rings (SSSR count). The predicted octanol–water partition coefficient (Wildman–Crippen LogP) is 6.09. The second kappa shape index (κ2) is 13.6. The number of rotatable bonds is 12. The third-order valence-corrected chi connectivity index (χ3v) is 7.48. The zero-order valence-corrected chi connectivity index (χ0v) is 25.1. The van der Waals surface area contributed by atoms with E-state index >= 15 is 0 Å². The number of fused-ring (bicyclic) bond motifs is 1. The lowest BCUT2D eigenvalue weighted by molar-refractivity contribution is -0.137. The highest BCUT2D eigenvalue weighted by atomic mass is 79.9. The van der Waals surface area contributed by atoms with E-state index < -0.39 is 5.97 Å². The fourth-order valence-corrected chi connectivity index (χ4v) is 5.05. The normalized spacial score (nSPS) is 13.5. The number of carboxylic acids is 1. The summed E-state index contributed by atoms with van der Waals surface area (Å²) in [5.74, 6) is -0.989. The van der Waals surface area contributed by atoms with Gasteiger partial charge in [-0.1, -0.05) is 46.3 Å². The molecular weight excluding hydrogens is 584 g/mol. The molecule has 0 atom stereocenters. The molecule has 0 unspecified atom stereocenters. The topological polar surface area (TPSA) is 102 Å². The number of amides is 2. The zero-order chi connectivity index (χ0) is 29.5. The summed E-state index contributed by atoms with van der Waals surface area (Å²) in [6.45, 7) is 0.958. The van der Waals surface area contributed by atoms with Crippen LogP contribution in [0.25, 0.3) is 11.3 Å². The number of halogens is 1. The number of nitrogens with zero attached hydrogens (tertiary/aromatic N) is 2. The Hall–Kier alpha value is -3.95. The number of carbonyl (C=O) groups excluding carboxylic acids is 2. The minimum absolute atomic E-state index is 0.0512. The van der Waals surface area contributed by atoms with Crippen LogP contribution in [0.2, 0.25) is 0 Å². The van der Waals surface area contributed by atoms with E-state index in [2.05, 4.69) is 31.5 Å². The molecule has 1 aliphatic rings. The summed E-state index contributed by atoms with van der Waals surface area (Å²) in [6, 6.07) is 20.8. The number of nitrogens with one attached hydrogen (secondary N) is 2. The summed E-state index contributed by atoms with van der Waals surface area (Å²) < 4.78 is 0.863. The number of aryl methyl sites for hydroxylation is 1. The van der Waals surface area contributed by atoms with E-state index in [-0.39, 0.29) is 18.2 Å². The quantitative estimate of drug-likeness (QED) is 0.168. The predicted molar refractivity (Wildman–Crippen MR) is 168 cm³/mol. The minimum atomic E-state index is -0.843. The maximum atomic E-state index is 13.2. The lowest BCUT2D eigenvalue weighted by atomic mass is 9.98. The Morgan fingerprint density at radius 1 is 0.927 bits per heavy atom. The third-order valence-electron chi connectivity index (χ3n) is 6.99. The second-order valence-corrected chi connectivity index (χ2v) is 11.3. The highest BCUT2D eigenvalue weighted by Crippen LogP contribution is 2.39. The monoisotopic (exact) mass is 618 g/mol. The Labute approximate surface area is 249 Å². The van der Waals surface area contributed by atoms with Crippen LogP contribution < -0.4 is 15.5 Å². The minimum Gasteiger partial charge on any atom is -0.481 e. The van der Waals surface area contributed by atoms with Crippen molar-refractivity contribution in [2.24, 2.45) is 0 Å². The molecule has 3 N–H and O–H groups in total. The van der Waals surface area contributed by atoms with E-state index in [4.69, 9.17) is 5.11 Å². The van der Waals surface area contributed by atoms with Gasteiger partial charge in [0.2, 0.25) is 5.91 Å². The Bertz CT molecular complexity index is 1450. The summed E-state index contributed by atoms with van der Waals surface area (Å²) in [5, 5.41) is 15.4. The summed E-state index contributed by atoms with van der Waals surface area (Å²) in [5.41, 5.74) is 5.89. The first-order chi connectivity index (χ1) is 19.6. The largest absolute Gasteiger partial charge is 0.481 e. The van der Waals surface area contributed by atoms with Crippen molar-refractivity contribution < 1.29 is 19.5 Å². The van der Waals surface area contributed by atoms with Gasteiger partial charge in [0.05, 0.1) is 17.0 Å². The Morgan fingerprint density at radius 2 is 1.63 bits per heavy atom. The first-order valence-corrected chi connectivity index (χ1v) is 14.4. The van der Waals surface area contributed by atoms with E-state index in [0.29, 0.717) is 24.1 Å². The first kappa shape index (κ1) is 30.0. The van der Waals surface area contributed by atoms with Crippen molar-refractivity contribution in [3.05, 3.63) is 87.9 Å². The van der Waals surface area contributed by atoms with Crippen LogP contribution in [0.15, 0.2) is 71.2 Å². The average Bonchev–Trinajstić information content (AvgIpc) is 3.27. The third kappa shape index (κ3) is 7.83. The van der Waals surface area contributed by atoms with Crippen molar-refractivity contribution in [1.29, 1.82) is 0 Å². The van der Waals surface area contributed by atoms with Gasteiger partial charge in [-0.3, -0.25) is 14.4 Å². The van der Waals surface area contributed by atoms with E-state index in [1.807, 2.05) is 80.8 Å². The Balaban J connectivity index is 1.60. The molecule has 0 radical (unpaired) electrons. The van der Waals surface area contributed by atoms with Crippen LogP contribution >= 0.6 is 15.9 Å². The fraction of sp³-hybridized carbons (Fsp3) is 0.281. The van der Waals surface area contributed by atoms with Crippen molar-refractivity contribution in [3.63, 3.8) is 0 Å².